The summed E-state index contributed by atoms with van der Waals surface area (Å²) in [6, 6.07) is 16.2. The van der Waals surface area contributed by atoms with E-state index in [-0.39, 0.29) is 18.4 Å². The number of carbonyl (C=O) groups excluding carboxylic acids is 2. The van der Waals surface area contributed by atoms with Gasteiger partial charge in [-0.3, -0.25) is 9.59 Å². The number of methoxy groups -OCH3 is 1. The lowest BCUT2D eigenvalue weighted by Gasteiger charge is -2.23. The first-order chi connectivity index (χ1) is 12.5. The van der Waals surface area contributed by atoms with Crippen LogP contribution in [0, 0.1) is 0 Å². The zero-order valence-corrected chi connectivity index (χ0v) is 15.3. The van der Waals surface area contributed by atoms with Gasteiger partial charge in [0.25, 0.3) is 5.91 Å². The van der Waals surface area contributed by atoms with Gasteiger partial charge in [0.2, 0.25) is 5.91 Å². The van der Waals surface area contributed by atoms with Crippen LogP contribution in [0.15, 0.2) is 54.6 Å². The lowest BCUT2D eigenvalue weighted by Crippen LogP contribution is -2.43. The molecule has 2 aromatic carbocycles. The molecule has 0 unspecified atom stereocenters. The third kappa shape index (κ3) is 5.51. The van der Waals surface area contributed by atoms with E-state index in [1.165, 1.54) is 4.90 Å². The average Bonchev–Trinajstić information content (AvgIpc) is 2.66. The highest BCUT2D eigenvalue weighted by Crippen LogP contribution is 2.16. The highest BCUT2D eigenvalue weighted by Gasteiger charge is 2.23. The van der Waals surface area contributed by atoms with Crippen molar-refractivity contribution < 1.29 is 19.1 Å². The predicted octanol–water partition coefficient (Wildman–Crippen LogP) is 2.95. The second-order valence-electron chi connectivity index (χ2n) is 5.80. The van der Waals surface area contributed by atoms with Gasteiger partial charge in [0.1, 0.15) is 11.5 Å². The highest BCUT2D eigenvalue weighted by molar-refractivity contribution is 5.95. The van der Waals surface area contributed by atoms with Gasteiger partial charge in [0.05, 0.1) is 13.7 Å². The molecule has 0 spiro atoms. The van der Waals surface area contributed by atoms with Gasteiger partial charge in [-0.15, -0.1) is 0 Å². The fourth-order valence-corrected chi connectivity index (χ4v) is 2.39. The van der Waals surface area contributed by atoms with E-state index in [0.717, 1.165) is 0 Å². The van der Waals surface area contributed by atoms with Gasteiger partial charge in [0.15, 0.2) is 6.10 Å². The Hall–Kier alpha value is -3.02. The number of ether oxygens (including phenoxy) is 2. The van der Waals surface area contributed by atoms with Gasteiger partial charge in [-0.25, -0.2) is 0 Å². The highest BCUT2D eigenvalue weighted by atomic mass is 16.5. The minimum atomic E-state index is -0.629. The van der Waals surface area contributed by atoms with Crippen LogP contribution in [0.4, 0.5) is 5.69 Å². The van der Waals surface area contributed by atoms with E-state index < -0.39 is 6.10 Å². The molecule has 0 saturated heterocycles. The Kier molecular flexibility index (Phi) is 7.02. The molecule has 0 aliphatic rings. The van der Waals surface area contributed by atoms with Gasteiger partial charge in [0, 0.05) is 12.7 Å². The SMILES string of the molecule is CC[C@H](Oc1ccccc1)C(=O)N(C)CC(=O)Nc1ccc(OC)cc1. The third-order valence-electron chi connectivity index (χ3n) is 3.80. The van der Waals surface area contributed by atoms with Crippen molar-refractivity contribution in [2.75, 3.05) is 26.0 Å². The number of nitrogens with zero attached hydrogens (tertiary/aromatic N) is 1. The summed E-state index contributed by atoms with van der Waals surface area (Å²) in [5, 5.41) is 2.76. The number of hydrogen-bond acceptors (Lipinski definition) is 4. The molecule has 2 amide bonds. The molecule has 1 N–H and O–H groups in total. The standard InChI is InChI=1S/C20H24N2O4/c1-4-18(26-17-8-6-5-7-9-17)20(24)22(2)14-19(23)21-15-10-12-16(25-3)13-11-15/h5-13,18H,4,14H2,1-3H3,(H,21,23)/t18-/m0/s1. The molecule has 26 heavy (non-hydrogen) atoms. The van der Waals surface area contributed by atoms with Crippen LogP contribution < -0.4 is 14.8 Å². The van der Waals surface area contributed by atoms with Crippen molar-refractivity contribution in [2.24, 2.45) is 0 Å². The quantitative estimate of drug-likeness (QED) is 0.790. The number of carbonyl (C=O) groups is 2. The topological polar surface area (TPSA) is 67.9 Å². The Morgan fingerprint density at radius 1 is 1.04 bits per heavy atom. The maximum atomic E-state index is 12.6. The Morgan fingerprint density at radius 3 is 2.27 bits per heavy atom. The molecule has 2 aromatic rings. The van der Waals surface area contributed by atoms with Crippen molar-refractivity contribution in [3.05, 3.63) is 54.6 Å². The molecule has 0 heterocycles. The van der Waals surface area contributed by atoms with Gasteiger partial charge in [-0.2, -0.15) is 0 Å². The Balaban J connectivity index is 1.90. The molecule has 6 nitrogen and oxygen atoms in total. The Bertz CT molecular complexity index is 716. The number of para-hydroxylation sites is 1. The normalized spacial score (nSPS) is 11.3. The van der Waals surface area contributed by atoms with Crippen molar-refractivity contribution in [1.82, 2.24) is 4.90 Å². The third-order valence-corrected chi connectivity index (χ3v) is 3.80. The monoisotopic (exact) mass is 356 g/mol. The molecule has 0 aliphatic heterocycles. The van der Waals surface area contributed by atoms with Crippen molar-refractivity contribution in [3.63, 3.8) is 0 Å². The summed E-state index contributed by atoms with van der Waals surface area (Å²) in [6.07, 6.45) is -0.116. The van der Waals surface area contributed by atoms with E-state index in [4.69, 9.17) is 9.47 Å². The maximum Gasteiger partial charge on any atom is 0.263 e. The van der Waals surface area contributed by atoms with E-state index in [2.05, 4.69) is 5.32 Å². The number of benzene rings is 2. The first kappa shape index (κ1) is 19.3. The van der Waals surface area contributed by atoms with Crippen LogP contribution in [0.2, 0.25) is 0 Å². The average molecular weight is 356 g/mol. The van der Waals surface area contributed by atoms with E-state index >= 15 is 0 Å². The molecule has 0 saturated carbocycles. The van der Waals surface area contributed by atoms with Gasteiger partial charge >= 0.3 is 0 Å². The maximum absolute atomic E-state index is 12.6. The molecular weight excluding hydrogens is 332 g/mol. The molecule has 1 atom stereocenters. The first-order valence-electron chi connectivity index (χ1n) is 8.44. The number of hydrogen-bond donors (Lipinski definition) is 1. The summed E-state index contributed by atoms with van der Waals surface area (Å²) in [7, 11) is 3.17. The molecule has 0 radical (unpaired) electrons. The van der Waals surface area contributed by atoms with Gasteiger partial charge in [-0.05, 0) is 42.8 Å². The van der Waals surface area contributed by atoms with Crippen LogP contribution in [0.5, 0.6) is 11.5 Å². The predicted molar refractivity (Wildman–Crippen MR) is 100 cm³/mol. The van der Waals surface area contributed by atoms with E-state index in [0.29, 0.717) is 23.6 Å². The van der Waals surface area contributed by atoms with Crippen molar-refractivity contribution >= 4 is 17.5 Å². The van der Waals surface area contributed by atoms with Gasteiger partial charge < -0.3 is 19.7 Å². The lowest BCUT2D eigenvalue weighted by atomic mass is 10.2. The van der Waals surface area contributed by atoms with Crippen LogP contribution in [0.3, 0.4) is 0 Å². The Labute approximate surface area is 153 Å². The lowest BCUT2D eigenvalue weighted by molar-refractivity contribution is -0.139. The summed E-state index contributed by atoms with van der Waals surface area (Å²) in [6.45, 7) is 1.82. The van der Waals surface area contributed by atoms with Crippen LogP contribution in [0.1, 0.15) is 13.3 Å². The van der Waals surface area contributed by atoms with Gasteiger partial charge in [-0.1, -0.05) is 25.1 Å². The minimum absolute atomic E-state index is 0.0560. The largest absolute Gasteiger partial charge is 0.497 e. The summed E-state index contributed by atoms with van der Waals surface area (Å²) in [5.74, 6) is 0.824. The fourth-order valence-electron chi connectivity index (χ4n) is 2.39. The fraction of sp³-hybridized carbons (Fsp3) is 0.300. The zero-order valence-electron chi connectivity index (χ0n) is 15.3. The summed E-state index contributed by atoms with van der Waals surface area (Å²) in [5.41, 5.74) is 0.643. The Morgan fingerprint density at radius 2 is 1.69 bits per heavy atom. The summed E-state index contributed by atoms with van der Waals surface area (Å²) >= 11 is 0. The second-order valence-corrected chi connectivity index (χ2v) is 5.80. The van der Waals surface area contributed by atoms with E-state index in [1.54, 1.807) is 50.6 Å². The summed E-state index contributed by atoms with van der Waals surface area (Å²) in [4.78, 5) is 26.1. The van der Waals surface area contributed by atoms with E-state index in [9.17, 15) is 9.59 Å². The molecule has 138 valence electrons. The number of nitrogens with one attached hydrogen (secondary N) is 1. The molecule has 0 aromatic heterocycles. The molecular formula is C20H24N2O4. The smallest absolute Gasteiger partial charge is 0.263 e. The number of anilines is 1. The molecule has 0 fully saturated rings. The molecule has 0 bridgehead atoms. The van der Waals surface area contributed by atoms with Crippen molar-refractivity contribution in [2.45, 2.75) is 19.4 Å². The van der Waals surface area contributed by atoms with Crippen LogP contribution in [-0.4, -0.2) is 43.5 Å². The minimum Gasteiger partial charge on any atom is -0.497 e. The van der Waals surface area contributed by atoms with Crippen LogP contribution >= 0.6 is 0 Å². The van der Waals surface area contributed by atoms with Crippen molar-refractivity contribution in [3.8, 4) is 11.5 Å². The number of rotatable bonds is 8. The first-order valence-corrected chi connectivity index (χ1v) is 8.44. The number of amides is 2. The van der Waals surface area contributed by atoms with Crippen LogP contribution in [-0.2, 0) is 9.59 Å². The van der Waals surface area contributed by atoms with Crippen molar-refractivity contribution in [1.29, 1.82) is 0 Å². The van der Waals surface area contributed by atoms with Crippen LogP contribution in [0.25, 0.3) is 0 Å². The molecule has 6 heteroatoms. The molecule has 0 aliphatic carbocycles. The van der Waals surface area contributed by atoms with E-state index in [1.807, 2.05) is 25.1 Å². The zero-order chi connectivity index (χ0) is 18.9. The molecule has 2 rings (SSSR count). The summed E-state index contributed by atoms with van der Waals surface area (Å²) < 4.78 is 10.8. The number of likely N-dealkylation sites (N-methyl/N-ethyl adjacent to an activating group) is 1. The second kappa shape index (κ2) is 9.46.